The lowest BCUT2D eigenvalue weighted by molar-refractivity contribution is 0.185. The first-order chi connectivity index (χ1) is 6.33. The van der Waals surface area contributed by atoms with Crippen LogP contribution in [0.25, 0.3) is 0 Å². The summed E-state index contributed by atoms with van der Waals surface area (Å²) in [5.41, 5.74) is 0. The molecule has 0 aliphatic heterocycles. The second-order valence-corrected chi connectivity index (χ2v) is 3.37. The number of nitrogens with zero attached hydrogens (tertiary/aromatic N) is 1. The molecule has 13 heavy (non-hydrogen) atoms. The van der Waals surface area contributed by atoms with Gasteiger partial charge in [0.2, 0.25) is 0 Å². The zero-order valence-electron chi connectivity index (χ0n) is 8.24. The molecular formula is C9H15NO2S. The number of hydrogen-bond donors (Lipinski definition) is 0. The maximum absolute atomic E-state index is 5.21. The first-order valence-corrected chi connectivity index (χ1v) is 5.32. The van der Waals surface area contributed by atoms with E-state index in [9.17, 15) is 0 Å². The molecule has 74 valence electrons. The van der Waals surface area contributed by atoms with Crippen molar-refractivity contribution in [1.29, 1.82) is 0 Å². The topological polar surface area (TPSA) is 23.4 Å². The van der Waals surface area contributed by atoms with Gasteiger partial charge in [0, 0.05) is 19.9 Å². The lowest BCUT2D eigenvalue weighted by Crippen LogP contribution is -2.03. The van der Waals surface area contributed by atoms with Gasteiger partial charge in [-0.3, -0.25) is 0 Å². The molecule has 0 bridgehead atoms. The molecule has 0 aliphatic rings. The van der Waals surface area contributed by atoms with Crippen LogP contribution in [-0.4, -0.2) is 31.6 Å². The SMILES string of the molecule is COCCn1ccc(OC)c1SC. The molecule has 1 rings (SSSR count). The van der Waals surface area contributed by atoms with Crippen LogP contribution in [0.2, 0.25) is 0 Å². The predicted octanol–water partition coefficient (Wildman–Crippen LogP) is 1.86. The smallest absolute Gasteiger partial charge is 0.150 e. The van der Waals surface area contributed by atoms with E-state index in [1.807, 2.05) is 18.5 Å². The van der Waals surface area contributed by atoms with Crippen LogP contribution >= 0.6 is 11.8 Å². The van der Waals surface area contributed by atoms with Crippen LogP contribution in [0, 0.1) is 0 Å². The molecule has 1 heterocycles. The Morgan fingerprint density at radius 1 is 1.46 bits per heavy atom. The Kier molecular flexibility index (Phi) is 4.18. The fraction of sp³-hybridized carbons (Fsp3) is 0.556. The van der Waals surface area contributed by atoms with Crippen molar-refractivity contribution in [2.45, 2.75) is 11.6 Å². The maximum Gasteiger partial charge on any atom is 0.150 e. The highest BCUT2D eigenvalue weighted by atomic mass is 32.2. The van der Waals surface area contributed by atoms with Crippen LogP contribution in [0.4, 0.5) is 0 Å². The zero-order valence-corrected chi connectivity index (χ0v) is 9.06. The van der Waals surface area contributed by atoms with Gasteiger partial charge in [0.1, 0.15) is 5.03 Å². The molecule has 1 aromatic heterocycles. The van der Waals surface area contributed by atoms with Gasteiger partial charge in [-0.1, -0.05) is 0 Å². The Morgan fingerprint density at radius 3 is 2.77 bits per heavy atom. The predicted molar refractivity (Wildman–Crippen MR) is 54.6 cm³/mol. The second-order valence-electron chi connectivity index (χ2n) is 2.58. The number of rotatable bonds is 5. The molecule has 0 amide bonds. The Morgan fingerprint density at radius 2 is 2.23 bits per heavy atom. The van der Waals surface area contributed by atoms with Gasteiger partial charge in [0.05, 0.1) is 13.7 Å². The number of thioether (sulfide) groups is 1. The first kappa shape index (κ1) is 10.5. The third-order valence-corrected chi connectivity index (χ3v) is 2.65. The van der Waals surface area contributed by atoms with Crippen molar-refractivity contribution < 1.29 is 9.47 Å². The molecule has 0 aromatic carbocycles. The minimum atomic E-state index is 0.728. The largest absolute Gasteiger partial charge is 0.494 e. The van der Waals surface area contributed by atoms with E-state index in [-0.39, 0.29) is 0 Å². The van der Waals surface area contributed by atoms with Crippen molar-refractivity contribution in [3.63, 3.8) is 0 Å². The summed E-state index contributed by atoms with van der Waals surface area (Å²) in [5.74, 6) is 0.934. The third-order valence-electron chi connectivity index (χ3n) is 1.83. The van der Waals surface area contributed by atoms with Gasteiger partial charge in [-0.25, -0.2) is 0 Å². The Hall–Kier alpha value is -0.610. The zero-order chi connectivity index (χ0) is 9.68. The molecule has 0 atom stereocenters. The standard InChI is InChI=1S/C9H15NO2S/c1-11-7-6-10-5-4-8(12-2)9(10)13-3/h4-5H,6-7H2,1-3H3. The van der Waals surface area contributed by atoms with Crippen molar-refractivity contribution in [2.75, 3.05) is 27.1 Å². The first-order valence-electron chi connectivity index (χ1n) is 4.09. The fourth-order valence-electron chi connectivity index (χ4n) is 1.18. The highest BCUT2D eigenvalue weighted by Crippen LogP contribution is 2.28. The summed E-state index contributed by atoms with van der Waals surface area (Å²) in [5, 5.41) is 1.15. The van der Waals surface area contributed by atoms with Gasteiger partial charge in [-0.2, -0.15) is 0 Å². The molecule has 4 heteroatoms. The van der Waals surface area contributed by atoms with E-state index in [1.165, 1.54) is 0 Å². The summed E-state index contributed by atoms with van der Waals surface area (Å²) in [6.45, 7) is 1.60. The lowest BCUT2D eigenvalue weighted by atomic mass is 10.6. The molecule has 0 aliphatic carbocycles. The van der Waals surface area contributed by atoms with E-state index in [4.69, 9.17) is 9.47 Å². The van der Waals surface area contributed by atoms with Crippen LogP contribution < -0.4 is 4.74 Å². The minimum absolute atomic E-state index is 0.728. The van der Waals surface area contributed by atoms with Gasteiger partial charge < -0.3 is 14.0 Å². The molecule has 0 spiro atoms. The van der Waals surface area contributed by atoms with Gasteiger partial charge in [0.25, 0.3) is 0 Å². The summed E-state index contributed by atoms with van der Waals surface area (Å²) in [7, 11) is 3.40. The van der Waals surface area contributed by atoms with Gasteiger partial charge >= 0.3 is 0 Å². The molecular weight excluding hydrogens is 186 g/mol. The molecule has 0 saturated heterocycles. The second kappa shape index (κ2) is 5.19. The molecule has 3 nitrogen and oxygen atoms in total. The van der Waals surface area contributed by atoms with E-state index >= 15 is 0 Å². The maximum atomic E-state index is 5.21. The van der Waals surface area contributed by atoms with E-state index in [1.54, 1.807) is 26.0 Å². The van der Waals surface area contributed by atoms with Gasteiger partial charge in [-0.15, -0.1) is 11.8 Å². The number of ether oxygens (including phenoxy) is 2. The van der Waals surface area contributed by atoms with E-state index in [2.05, 4.69) is 4.57 Å². The van der Waals surface area contributed by atoms with Crippen LogP contribution in [0.1, 0.15) is 0 Å². The van der Waals surface area contributed by atoms with Crippen molar-refractivity contribution in [3.8, 4) is 5.75 Å². The molecule has 0 fully saturated rings. The average Bonchev–Trinajstić information content (AvgIpc) is 2.56. The van der Waals surface area contributed by atoms with Gasteiger partial charge in [0.15, 0.2) is 5.75 Å². The third kappa shape index (κ3) is 2.42. The Bertz CT molecular complexity index is 260. The number of hydrogen-bond acceptors (Lipinski definition) is 3. The average molecular weight is 201 g/mol. The normalized spacial score (nSPS) is 10.4. The minimum Gasteiger partial charge on any atom is -0.494 e. The molecule has 0 N–H and O–H groups in total. The van der Waals surface area contributed by atoms with E-state index in [0.717, 1.165) is 23.9 Å². The van der Waals surface area contributed by atoms with Crippen LogP contribution in [0.15, 0.2) is 17.3 Å². The van der Waals surface area contributed by atoms with Crippen LogP contribution in [0.3, 0.4) is 0 Å². The number of methoxy groups -OCH3 is 2. The monoisotopic (exact) mass is 201 g/mol. The van der Waals surface area contributed by atoms with Crippen LogP contribution in [0.5, 0.6) is 5.75 Å². The van der Waals surface area contributed by atoms with Crippen molar-refractivity contribution in [1.82, 2.24) is 4.57 Å². The quantitative estimate of drug-likeness (QED) is 0.679. The van der Waals surface area contributed by atoms with E-state index in [0.29, 0.717) is 0 Å². The summed E-state index contributed by atoms with van der Waals surface area (Å²) >= 11 is 1.69. The summed E-state index contributed by atoms with van der Waals surface area (Å²) in [6.07, 6.45) is 4.06. The molecule has 0 saturated carbocycles. The highest BCUT2D eigenvalue weighted by molar-refractivity contribution is 7.98. The van der Waals surface area contributed by atoms with Crippen molar-refractivity contribution in [3.05, 3.63) is 12.3 Å². The molecule has 1 aromatic rings. The van der Waals surface area contributed by atoms with Crippen molar-refractivity contribution in [2.24, 2.45) is 0 Å². The molecule has 0 unspecified atom stereocenters. The summed E-state index contributed by atoms with van der Waals surface area (Å²) in [4.78, 5) is 0. The Balaban J connectivity index is 2.75. The number of aromatic nitrogens is 1. The van der Waals surface area contributed by atoms with Crippen molar-refractivity contribution >= 4 is 11.8 Å². The summed E-state index contributed by atoms with van der Waals surface area (Å²) < 4.78 is 12.4. The highest BCUT2D eigenvalue weighted by Gasteiger charge is 2.07. The molecule has 0 radical (unpaired) electrons. The Labute approximate surface area is 83.0 Å². The van der Waals surface area contributed by atoms with Gasteiger partial charge in [-0.05, 0) is 12.3 Å². The van der Waals surface area contributed by atoms with E-state index < -0.39 is 0 Å². The summed E-state index contributed by atoms with van der Waals surface area (Å²) in [6, 6.07) is 1.97. The fourth-order valence-corrected chi connectivity index (χ4v) is 1.92. The van der Waals surface area contributed by atoms with Crippen LogP contribution in [-0.2, 0) is 11.3 Å². The lowest BCUT2D eigenvalue weighted by Gasteiger charge is -2.07.